The summed E-state index contributed by atoms with van der Waals surface area (Å²) in [5, 5.41) is 20.5. The van der Waals surface area contributed by atoms with Gasteiger partial charge in [0.15, 0.2) is 11.6 Å². The van der Waals surface area contributed by atoms with Gasteiger partial charge in [-0.3, -0.25) is 4.79 Å². The van der Waals surface area contributed by atoms with Gasteiger partial charge in [-0.05, 0) is 37.0 Å². The van der Waals surface area contributed by atoms with Crippen molar-refractivity contribution in [2.45, 2.75) is 19.8 Å². The standard InChI is InChI=1S/C19H20N6O3/c1-12-6-8-25(9-7-12)18-15(4-2-13(23-18)3-5-16(26)27)24-19(28)17-21-11-14(10-20)22-17/h2-5,11-12H,6-9H2,1H3,(H,21,22)(H,24,28)(H,26,27). The van der Waals surface area contributed by atoms with Crippen LogP contribution in [0.15, 0.2) is 24.4 Å². The Morgan fingerprint density at radius 1 is 1.39 bits per heavy atom. The molecule has 144 valence electrons. The van der Waals surface area contributed by atoms with Gasteiger partial charge in [0.1, 0.15) is 11.8 Å². The van der Waals surface area contributed by atoms with Crippen LogP contribution in [-0.2, 0) is 4.79 Å². The van der Waals surface area contributed by atoms with Crippen LogP contribution < -0.4 is 10.2 Å². The molecular weight excluding hydrogens is 360 g/mol. The van der Waals surface area contributed by atoms with Crippen LogP contribution in [0.5, 0.6) is 0 Å². The molecule has 1 aliphatic heterocycles. The molecule has 9 nitrogen and oxygen atoms in total. The zero-order chi connectivity index (χ0) is 20.1. The zero-order valence-electron chi connectivity index (χ0n) is 15.3. The summed E-state index contributed by atoms with van der Waals surface area (Å²) in [7, 11) is 0. The number of piperidine rings is 1. The van der Waals surface area contributed by atoms with E-state index in [1.54, 1.807) is 12.1 Å². The topological polar surface area (TPSA) is 135 Å². The van der Waals surface area contributed by atoms with Crippen LogP contribution in [0.25, 0.3) is 6.08 Å². The Morgan fingerprint density at radius 3 is 2.79 bits per heavy atom. The molecule has 0 unspecified atom stereocenters. The van der Waals surface area contributed by atoms with Gasteiger partial charge in [0.05, 0.1) is 17.6 Å². The highest BCUT2D eigenvalue weighted by Gasteiger charge is 2.21. The predicted molar refractivity (Wildman–Crippen MR) is 103 cm³/mol. The number of nitriles is 1. The van der Waals surface area contributed by atoms with Crippen LogP contribution in [0.4, 0.5) is 11.5 Å². The minimum atomic E-state index is -1.06. The molecule has 1 fully saturated rings. The highest BCUT2D eigenvalue weighted by atomic mass is 16.4. The Hall–Kier alpha value is -3.67. The number of imidazole rings is 1. The third kappa shape index (κ3) is 4.54. The Kier molecular flexibility index (Phi) is 5.69. The molecule has 0 aromatic carbocycles. The molecule has 1 aliphatic rings. The molecule has 0 atom stereocenters. The van der Waals surface area contributed by atoms with Gasteiger partial charge in [-0.25, -0.2) is 14.8 Å². The Bertz CT molecular complexity index is 951. The first-order chi connectivity index (χ1) is 13.5. The fraction of sp³-hybridized carbons (Fsp3) is 0.316. The summed E-state index contributed by atoms with van der Waals surface area (Å²) < 4.78 is 0. The lowest BCUT2D eigenvalue weighted by Gasteiger charge is -2.32. The molecule has 28 heavy (non-hydrogen) atoms. The molecule has 1 saturated heterocycles. The van der Waals surface area contributed by atoms with E-state index in [-0.39, 0.29) is 11.5 Å². The van der Waals surface area contributed by atoms with Gasteiger partial charge in [0, 0.05) is 19.2 Å². The summed E-state index contributed by atoms with van der Waals surface area (Å²) in [6.07, 6.45) is 5.74. The molecule has 2 aromatic heterocycles. The fourth-order valence-electron chi connectivity index (χ4n) is 2.95. The summed E-state index contributed by atoms with van der Waals surface area (Å²) in [6, 6.07) is 5.21. The first-order valence-electron chi connectivity index (χ1n) is 8.89. The molecule has 3 N–H and O–H groups in total. The third-order valence-electron chi connectivity index (χ3n) is 4.54. The van der Waals surface area contributed by atoms with E-state index in [2.05, 4.69) is 32.1 Å². The number of anilines is 2. The summed E-state index contributed by atoms with van der Waals surface area (Å²) in [4.78, 5) is 36.4. The summed E-state index contributed by atoms with van der Waals surface area (Å²) in [5.41, 5.74) is 1.18. The maximum Gasteiger partial charge on any atom is 0.328 e. The SMILES string of the molecule is CC1CCN(c2nc(C=CC(=O)O)ccc2NC(=O)c2ncc(C#N)[nH]2)CC1. The minimum absolute atomic E-state index is 0.0321. The predicted octanol–water partition coefficient (Wildman–Crippen LogP) is 2.26. The van der Waals surface area contributed by atoms with E-state index in [4.69, 9.17) is 10.4 Å². The number of hydrogen-bond acceptors (Lipinski definition) is 6. The van der Waals surface area contributed by atoms with E-state index in [1.165, 1.54) is 12.3 Å². The smallest absolute Gasteiger partial charge is 0.328 e. The van der Waals surface area contributed by atoms with E-state index < -0.39 is 11.9 Å². The zero-order valence-corrected chi connectivity index (χ0v) is 15.3. The second-order valence-corrected chi connectivity index (χ2v) is 6.66. The van der Waals surface area contributed by atoms with Gasteiger partial charge in [-0.1, -0.05) is 6.92 Å². The molecular formula is C19H20N6O3. The number of H-pyrrole nitrogens is 1. The Balaban J connectivity index is 1.88. The molecule has 0 saturated carbocycles. The Labute approximate surface area is 161 Å². The van der Waals surface area contributed by atoms with Crippen LogP contribution in [0.1, 0.15) is 41.8 Å². The van der Waals surface area contributed by atoms with E-state index >= 15 is 0 Å². The number of nitrogens with one attached hydrogen (secondary N) is 2. The number of hydrogen-bond donors (Lipinski definition) is 3. The maximum absolute atomic E-state index is 12.5. The lowest BCUT2D eigenvalue weighted by Crippen LogP contribution is -2.34. The van der Waals surface area contributed by atoms with Crippen LogP contribution in [0.3, 0.4) is 0 Å². The van der Waals surface area contributed by atoms with Gasteiger partial charge in [0.2, 0.25) is 0 Å². The van der Waals surface area contributed by atoms with Gasteiger partial charge in [-0.15, -0.1) is 0 Å². The lowest BCUT2D eigenvalue weighted by molar-refractivity contribution is -0.131. The molecule has 1 amide bonds. The normalized spacial score (nSPS) is 14.8. The van der Waals surface area contributed by atoms with Gasteiger partial charge < -0.3 is 20.3 Å². The number of rotatable bonds is 5. The molecule has 0 spiro atoms. The third-order valence-corrected chi connectivity index (χ3v) is 4.54. The van der Waals surface area contributed by atoms with Crippen molar-refractivity contribution < 1.29 is 14.7 Å². The van der Waals surface area contributed by atoms with E-state index in [0.717, 1.165) is 32.0 Å². The van der Waals surface area contributed by atoms with Crippen LogP contribution >= 0.6 is 0 Å². The van der Waals surface area contributed by atoms with E-state index in [9.17, 15) is 9.59 Å². The Morgan fingerprint density at radius 2 is 2.14 bits per heavy atom. The van der Waals surface area contributed by atoms with Crippen LogP contribution in [-0.4, -0.2) is 45.0 Å². The first kappa shape index (κ1) is 19.1. The van der Waals surface area contributed by atoms with Crippen molar-refractivity contribution in [2.75, 3.05) is 23.3 Å². The number of nitrogens with zero attached hydrogens (tertiary/aromatic N) is 4. The molecule has 0 bridgehead atoms. The number of pyridine rings is 1. The number of carbonyl (C=O) groups is 2. The van der Waals surface area contributed by atoms with Crippen molar-refractivity contribution in [1.82, 2.24) is 15.0 Å². The van der Waals surface area contributed by atoms with Crippen LogP contribution in [0, 0.1) is 17.2 Å². The second-order valence-electron chi connectivity index (χ2n) is 6.66. The molecule has 2 aromatic rings. The number of aromatic nitrogens is 3. The summed E-state index contributed by atoms with van der Waals surface area (Å²) in [6.45, 7) is 3.79. The van der Waals surface area contributed by atoms with Crippen molar-refractivity contribution in [2.24, 2.45) is 5.92 Å². The number of carbonyl (C=O) groups excluding carboxylic acids is 1. The lowest BCUT2D eigenvalue weighted by atomic mass is 9.99. The highest BCUT2D eigenvalue weighted by molar-refractivity contribution is 6.03. The highest BCUT2D eigenvalue weighted by Crippen LogP contribution is 2.29. The number of aromatic amines is 1. The number of amides is 1. The van der Waals surface area contributed by atoms with Crippen molar-refractivity contribution in [3.8, 4) is 6.07 Å². The van der Waals surface area contributed by atoms with Crippen molar-refractivity contribution >= 4 is 29.5 Å². The number of aliphatic carboxylic acids is 1. The summed E-state index contributed by atoms with van der Waals surface area (Å²) >= 11 is 0. The minimum Gasteiger partial charge on any atom is -0.478 e. The molecule has 0 aliphatic carbocycles. The molecule has 3 rings (SSSR count). The van der Waals surface area contributed by atoms with E-state index in [0.29, 0.717) is 23.1 Å². The first-order valence-corrected chi connectivity index (χ1v) is 8.89. The van der Waals surface area contributed by atoms with Crippen molar-refractivity contribution in [1.29, 1.82) is 5.26 Å². The second kappa shape index (κ2) is 8.35. The number of carboxylic acids is 1. The van der Waals surface area contributed by atoms with Gasteiger partial charge in [-0.2, -0.15) is 5.26 Å². The monoisotopic (exact) mass is 380 g/mol. The average molecular weight is 380 g/mol. The maximum atomic E-state index is 12.5. The average Bonchev–Trinajstić information content (AvgIpc) is 3.17. The summed E-state index contributed by atoms with van der Waals surface area (Å²) in [5.74, 6) is -0.302. The molecule has 0 radical (unpaired) electrons. The van der Waals surface area contributed by atoms with Crippen LogP contribution in [0.2, 0.25) is 0 Å². The fourth-order valence-corrected chi connectivity index (χ4v) is 2.95. The largest absolute Gasteiger partial charge is 0.478 e. The van der Waals surface area contributed by atoms with Gasteiger partial charge in [0.25, 0.3) is 5.91 Å². The van der Waals surface area contributed by atoms with E-state index in [1.807, 2.05) is 6.07 Å². The van der Waals surface area contributed by atoms with Crippen molar-refractivity contribution in [3.05, 3.63) is 41.6 Å². The molecule has 3 heterocycles. The van der Waals surface area contributed by atoms with Crippen molar-refractivity contribution in [3.63, 3.8) is 0 Å². The molecule has 9 heteroatoms. The quantitative estimate of drug-likeness (QED) is 0.677. The van der Waals surface area contributed by atoms with Gasteiger partial charge >= 0.3 is 5.97 Å². The number of carboxylic acid groups (broad SMARTS) is 1.